The Morgan fingerprint density at radius 3 is 2.89 bits per heavy atom. The maximum absolute atomic E-state index is 13.7. The molecule has 1 aromatic rings. The summed E-state index contributed by atoms with van der Waals surface area (Å²) in [6.45, 7) is 6.65. The van der Waals surface area contributed by atoms with Gasteiger partial charge in [-0.2, -0.15) is 0 Å². The van der Waals surface area contributed by atoms with E-state index in [1.54, 1.807) is 12.1 Å². The minimum atomic E-state index is -0.214. The number of benzene rings is 1. The second-order valence-electron chi connectivity index (χ2n) is 4.38. The molecule has 3 heteroatoms. The molecular weight excluding hydrogens is 249 g/mol. The van der Waals surface area contributed by atoms with Crippen LogP contribution in [0.2, 0.25) is 5.02 Å². The molecule has 0 saturated carbocycles. The van der Waals surface area contributed by atoms with Crippen LogP contribution in [0.25, 0.3) is 0 Å². The molecule has 0 bridgehead atoms. The van der Waals surface area contributed by atoms with Crippen molar-refractivity contribution in [2.24, 2.45) is 0 Å². The van der Waals surface area contributed by atoms with Crippen LogP contribution in [0.4, 0.5) is 4.39 Å². The molecule has 1 aromatic carbocycles. The molecule has 0 aromatic heterocycles. The Kier molecular flexibility index (Phi) is 6.99. The second kappa shape index (κ2) is 8.28. The summed E-state index contributed by atoms with van der Waals surface area (Å²) in [4.78, 5) is 0. The molecule has 0 saturated heterocycles. The average molecular weight is 270 g/mol. The summed E-state index contributed by atoms with van der Waals surface area (Å²) in [6.07, 6.45) is 5.61. The van der Waals surface area contributed by atoms with Gasteiger partial charge in [0.15, 0.2) is 0 Å². The topological polar surface area (TPSA) is 12.0 Å². The van der Waals surface area contributed by atoms with Crippen molar-refractivity contribution in [1.82, 2.24) is 5.32 Å². The third-order valence-corrected chi connectivity index (χ3v) is 3.32. The Hall–Kier alpha value is -0.860. The van der Waals surface area contributed by atoms with Crippen LogP contribution < -0.4 is 5.32 Å². The van der Waals surface area contributed by atoms with E-state index in [-0.39, 0.29) is 11.9 Å². The smallest absolute Gasteiger partial charge is 0.127 e. The lowest BCUT2D eigenvalue weighted by molar-refractivity contribution is 0.468. The van der Waals surface area contributed by atoms with Gasteiger partial charge in [0.25, 0.3) is 0 Å². The quantitative estimate of drug-likeness (QED) is 0.546. The van der Waals surface area contributed by atoms with Crippen LogP contribution in [0.5, 0.6) is 0 Å². The third-order valence-electron chi connectivity index (χ3n) is 2.97. The van der Waals surface area contributed by atoms with E-state index in [1.165, 1.54) is 6.07 Å². The van der Waals surface area contributed by atoms with Crippen LogP contribution >= 0.6 is 11.6 Å². The maximum atomic E-state index is 13.7. The summed E-state index contributed by atoms with van der Waals surface area (Å²) in [5, 5.41) is 3.90. The highest BCUT2D eigenvalue weighted by Gasteiger charge is 2.13. The normalized spacial score (nSPS) is 12.4. The van der Waals surface area contributed by atoms with Crippen LogP contribution in [0.3, 0.4) is 0 Å². The molecule has 1 rings (SSSR count). The fraction of sp³-hybridized carbons (Fsp3) is 0.467. The average Bonchev–Trinajstić information content (AvgIpc) is 2.34. The second-order valence-corrected chi connectivity index (χ2v) is 4.79. The van der Waals surface area contributed by atoms with Gasteiger partial charge in [0.2, 0.25) is 0 Å². The minimum Gasteiger partial charge on any atom is -0.314 e. The number of hydrogen-bond donors (Lipinski definition) is 1. The van der Waals surface area contributed by atoms with Crippen LogP contribution in [-0.4, -0.2) is 12.6 Å². The highest BCUT2D eigenvalue weighted by atomic mass is 35.5. The first kappa shape index (κ1) is 15.2. The number of halogens is 2. The standard InChI is InChI=1S/C15H21ClFN/c1-3-5-6-8-12(18-4-2)11-13-14(16)9-7-10-15(13)17/h3,7,9-10,12,18H,1,4-6,8,11H2,2H3. The number of likely N-dealkylation sites (N-methyl/N-ethyl adjacent to an activating group) is 1. The lowest BCUT2D eigenvalue weighted by atomic mass is 10.0. The molecular formula is C15H21ClFN. The Morgan fingerprint density at radius 2 is 2.28 bits per heavy atom. The van der Waals surface area contributed by atoms with Gasteiger partial charge in [-0.1, -0.05) is 30.7 Å². The zero-order chi connectivity index (χ0) is 13.4. The molecule has 0 aliphatic carbocycles. The molecule has 0 spiro atoms. The van der Waals surface area contributed by atoms with Crippen molar-refractivity contribution in [2.45, 2.75) is 38.6 Å². The molecule has 1 N–H and O–H groups in total. The lowest BCUT2D eigenvalue weighted by Gasteiger charge is -2.18. The van der Waals surface area contributed by atoms with Crippen LogP contribution in [0.1, 0.15) is 31.7 Å². The van der Waals surface area contributed by atoms with E-state index < -0.39 is 0 Å². The van der Waals surface area contributed by atoms with Gasteiger partial charge < -0.3 is 5.32 Å². The van der Waals surface area contributed by atoms with E-state index in [2.05, 4.69) is 18.8 Å². The van der Waals surface area contributed by atoms with Gasteiger partial charge in [0, 0.05) is 16.6 Å². The number of rotatable bonds is 8. The minimum absolute atomic E-state index is 0.214. The Bertz CT molecular complexity index is 359. The van der Waals surface area contributed by atoms with E-state index >= 15 is 0 Å². The van der Waals surface area contributed by atoms with Crippen molar-refractivity contribution in [3.05, 3.63) is 47.3 Å². The number of unbranched alkanes of at least 4 members (excludes halogenated alkanes) is 1. The van der Waals surface area contributed by atoms with Gasteiger partial charge in [0.05, 0.1) is 0 Å². The summed E-state index contributed by atoms with van der Waals surface area (Å²) < 4.78 is 13.7. The van der Waals surface area contributed by atoms with E-state index in [0.717, 1.165) is 25.8 Å². The van der Waals surface area contributed by atoms with Gasteiger partial charge in [-0.3, -0.25) is 0 Å². The zero-order valence-corrected chi connectivity index (χ0v) is 11.6. The van der Waals surface area contributed by atoms with Crippen molar-refractivity contribution in [3.8, 4) is 0 Å². The summed E-state index contributed by atoms with van der Waals surface area (Å²) in [7, 11) is 0. The molecule has 0 heterocycles. The molecule has 0 fully saturated rings. The summed E-state index contributed by atoms with van der Waals surface area (Å²) in [5.41, 5.74) is 0.615. The molecule has 100 valence electrons. The molecule has 0 amide bonds. The summed E-state index contributed by atoms with van der Waals surface area (Å²) >= 11 is 6.05. The predicted molar refractivity (Wildman–Crippen MR) is 76.6 cm³/mol. The molecule has 1 atom stereocenters. The third kappa shape index (κ3) is 4.79. The van der Waals surface area contributed by atoms with E-state index in [0.29, 0.717) is 17.0 Å². The van der Waals surface area contributed by atoms with Crippen LogP contribution in [0.15, 0.2) is 30.9 Å². The Morgan fingerprint density at radius 1 is 1.50 bits per heavy atom. The molecule has 0 aliphatic heterocycles. The fourth-order valence-electron chi connectivity index (χ4n) is 2.05. The maximum Gasteiger partial charge on any atom is 0.127 e. The van der Waals surface area contributed by atoms with Crippen LogP contribution in [0, 0.1) is 5.82 Å². The SMILES string of the molecule is C=CCCCC(Cc1c(F)cccc1Cl)NCC. The Labute approximate surface area is 114 Å². The first-order chi connectivity index (χ1) is 8.69. The van der Waals surface area contributed by atoms with Crippen molar-refractivity contribution < 1.29 is 4.39 Å². The predicted octanol–water partition coefficient (Wildman–Crippen LogP) is 4.36. The molecule has 1 unspecified atom stereocenters. The molecule has 18 heavy (non-hydrogen) atoms. The fourth-order valence-corrected chi connectivity index (χ4v) is 2.29. The molecule has 0 aliphatic rings. The number of hydrogen-bond acceptors (Lipinski definition) is 1. The largest absolute Gasteiger partial charge is 0.314 e. The highest BCUT2D eigenvalue weighted by Crippen LogP contribution is 2.21. The van der Waals surface area contributed by atoms with Crippen molar-refractivity contribution >= 4 is 11.6 Å². The van der Waals surface area contributed by atoms with Crippen molar-refractivity contribution in [1.29, 1.82) is 0 Å². The first-order valence-electron chi connectivity index (χ1n) is 6.46. The molecule has 0 radical (unpaired) electrons. The van der Waals surface area contributed by atoms with Crippen molar-refractivity contribution in [2.75, 3.05) is 6.54 Å². The summed E-state index contributed by atoms with van der Waals surface area (Å²) in [5.74, 6) is -0.214. The van der Waals surface area contributed by atoms with Crippen molar-refractivity contribution in [3.63, 3.8) is 0 Å². The Balaban J connectivity index is 2.66. The zero-order valence-electron chi connectivity index (χ0n) is 10.9. The van der Waals surface area contributed by atoms with E-state index in [4.69, 9.17) is 11.6 Å². The molecule has 1 nitrogen and oxygen atoms in total. The van der Waals surface area contributed by atoms with Gasteiger partial charge in [-0.15, -0.1) is 6.58 Å². The van der Waals surface area contributed by atoms with Gasteiger partial charge in [-0.05, 0) is 44.4 Å². The van der Waals surface area contributed by atoms with Gasteiger partial charge >= 0.3 is 0 Å². The monoisotopic (exact) mass is 269 g/mol. The first-order valence-corrected chi connectivity index (χ1v) is 6.84. The van der Waals surface area contributed by atoms with Gasteiger partial charge in [0.1, 0.15) is 5.82 Å². The highest BCUT2D eigenvalue weighted by molar-refractivity contribution is 6.31. The number of allylic oxidation sites excluding steroid dienone is 1. The number of nitrogens with one attached hydrogen (secondary N) is 1. The summed E-state index contributed by atoms with van der Waals surface area (Å²) in [6, 6.07) is 5.12. The van der Waals surface area contributed by atoms with Gasteiger partial charge in [-0.25, -0.2) is 4.39 Å². The lowest BCUT2D eigenvalue weighted by Crippen LogP contribution is -2.31. The van der Waals surface area contributed by atoms with Crippen LogP contribution in [-0.2, 0) is 6.42 Å². The van der Waals surface area contributed by atoms with E-state index in [9.17, 15) is 4.39 Å². The van der Waals surface area contributed by atoms with E-state index in [1.807, 2.05) is 6.08 Å².